The van der Waals surface area contributed by atoms with Crippen molar-refractivity contribution in [3.8, 4) is 11.5 Å². The summed E-state index contributed by atoms with van der Waals surface area (Å²) >= 11 is 0. The van der Waals surface area contributed by atoms with Gasteiger partial charge < -0.3 is 51.6 Å². The molecule has 0 unspecified atom stereocenters. The zero-order chi connectivity index (χ0) is 29.6. The summed E-state index contributed by atoms with van der Waals surface area (Å²) in [7, 11) is 0. The maximum absolute atomic E-state index is 11.4. The summed E-state index contributed by atoms with van der Waals surface area (Å²) in [6.07, 6.45) is 10.9. The summed E-state index contributed by atoms with van der Waals surface area (Å²) in [5.41, 5.74) is 1.36. The molecule has 0 bridgehead atoms. The van der Waals surface area contributed by atoms with Gasteiger partial charge in [-0.3, -0.25) is 9.98 Å². The summed E-state index contributed by atoms with van der Waals surface area (Å²) in [6, 6.07) is 15.0. The van der Waals surface area contributed by atoms with Gasteiger partial charge in [-0.2, -0.15) is 0 Å². The fourth-order valence-corrected chi connectivity index (χ4v) is 3.89. The van der Waals surface area contributed by atoms with Crippen LogP contribution in [0.5, 0.6) is 11.5 Å². The molecule has 2 heterocycles. The van der Waals surface area contributed by atoms with Gasteiger partial charge in [0.1, 0.15) is 0 Å². The number of aliphatic carboxylic acids is 2. The van der Waals surface area contributed by atoms with Crippen LogP contribution in [0.25, 0.3) is 0 Å². The first-order valence-corrected chi connectivity index (χ1v) is 13.5. The van der Waals surface area contributed by atoms with Crippen molar-refractivity contribution in [1.29, 1.82) is 0 Å². The SMILES string of the molecule is CC(=O)[O-].CC(=O)[O-].O.O.[Cu+2].[Cu+2].[O-]c1ccccc1C=NC[C@@H]1CCCCN1.[O-]c1ccccc1C=NC[C@H]1CCCCN1. The zero-order valence-corrected chi connectivity index (χ0v) is 26.8. The minimum atomic E-state index is -1.08. The Kier molecular flexibility index (Phi) is 33.1. The normalized spacial score (nSPS) is 16.7. The third-order valence-electron chi connectivity index (χ3n) is 5.78. The van der Waals surface area contributed by atoms with Crippen LogP contribution in [0.1, 0.15) is 63.5 Å². The van der Waals surface area contributed by atoms with Crippen LogP contribution in [0, 0.1) is 0 Å². The first-order valence-electron chi connectivity index (χ1n) is 13.5. The van der Waals surface area contributed by atoms with Crippen LogP contribution in [0.2, 0.25) is 0 Å². The van der Waals surface area contributed by atoms with E-state index in [-0.39, 0.29) is 56.6 Å². The fourth-order valence-electron chi connectivity index (χ4n) is 3.89. The van der Waals surface area contributed by atoms with Gasteiger partial charge in [0.25, 0.3) is 0 Å². The summed E-state index contributed by atoms with van der Waals surface area (Å²) < 4.78 is 0. The third-order valence-corrected chi connectivity index (χ3v) is 5.78. The Morgan fingerprint density at radius 2 is 1.02 bits per heavy atom. The van der Waals surface area contributed by atoms with E-state index in [1.807, 2.05) is 12.1 Å². The smallest absolute Gasteiger partial charge is 0.872 e. The van der Waals surface area contributed by atoms with E-state index in [1.54, 1.807) is 48.8 Å². The van der Waals surface area contributed by atoms with Crippen LogP contribution >= 0.6 is 0 Å². The van der Waals surface area contributed by atoms with Crippen LogP contribution < -0.4 is 31.1 Å². The number of hydrogen-bond donors (Lipinski definition) is 2. The van der Waals surface area contributed by atoms with Crippen molar-refractivity contribution < 1.29 is 75.1 Å². The Labute approximate surface area is 281 Å². The van der Waals surface area contributed by atoms with E-state index in [9.17, 15) is 10.2 Å². The quantitative estimate of drug-likeness (QED) is 0.263. The van der Waals surface area contributed by atoms with E-state index in [0.717, 1.165) is 40.0 Å². The molecule has 2 aromatic carbocycles. The Hall–Kier alpha value is -2.80. The molecule has 2 fully saturated rings. The number of piperidine rings is 2. The molecule has 2 atom stereocenters. The Balaban J connectivity index is -0.000000273. The van der Waals surface area contributed by atoms with Crippen molar-refractivity contribution >= 4 is 24.4 Å². The zero-order valence-electron chi connectivity index (χ0n) is 24.9. The van der Waals surface area contributed by atoms with Crippen molar-refractivity contribution in [2.75, 3.05) is 26.2 Å². The molecule has 0 amide bonds. The van der Waals surface area contributed by atoms with Crippen LogP contribution in [0.15, 0.2) is 58.5 Å². The molecule has 44 heavy (non-hydrogen) atoms. The molecule has 6 N–H and O–H groups in total. The van der Waals surface area contributed by atoms with Gasteiger partial charge in [-0.15, -0.1) is 11.5 Å². The standard InChI is InChI=1S/2C13H18N2O.2C2H4O2.2Cu.2H2O/c2*16-13-7-2-1-5-11(13)9-14-10-12-6-3-4-8-15-12;2*1-2(3)4;;;;/h2*1-2,5,7,9,12,15-16H,3-4,6,8,10H2;2*1H3,(H,3,4);;;2*1H2/q;;;;2*+2;;/p-4/t2*12-;;;;;;/m10....../s1. The second-order valence-electron chi connectivity index (χ2n) is 9.34. The molecular formula is C30H44Cu2N4O8. The van der Waals surface area contributed by atoms with Crippen LogP contribution in [-0.4, -0.2) is 73.6 Å². The molecule has 14 heteroatoms. The maximum atomic E-state index is 11.4. The molecule has 0 spiro atoms. The molecule has 12 nitrogen and oxygen atoms in total. The largest absolute Gasteiger partial charge is 2.00 e. The molecule has 4 rings (SSSR count). The molecule has 2 aliphatic rings. The number of hydrogen-bond acceptors (Lipinski definition) is 10. The maximum Gasteiger partial charge on any atom is 2.00 e. The van der Waals surface area contributed by atoms with E-state index in [1.165, 1.54) is 38.5 Å². The minimum Gasteiger partial charge on any atom is -0.872 e. The molecule has 0 aromatic heterocycles. The number of carboxylic acids is 2. The second-order valence-corrected chi connectivity index (χ2v) is 9.34. The molecule has 0 saturated carbocycles. The van der Waals surface area contributed by atoms with Gasteiger partial charge in [0.15, 0.2) is 0 Å². The van der Waals surface area contributed by atoms with E-state index in [4.69, 9.17) is 19.8 Å². The fraction of sp³-hybridized carbons (Fsp3) is 0.467. The van der Waals surface area contributed by atoms with Crippen molar-refractivity contribution in [2.45, 2.75) is 64.5 Å². The van der Waals surface area contributed by atoms with Gasteiger partial charge in [-0.1, -0.05) is 61.4 Å². The predicted molar refractivity (Wildman–Crippen MR) is 157 cm³/mol. The first-order chi connectivity index (χ1) is 19.2. The number of carbonyl (C=O) groups is 2. The number of rotatable bonds is 6. The Morgan fingerprint density at radius 3 is 1.30 bits per heavy atom. The summed E-state index contributed by atoms with van der Waals surface area (Å²) in [5.74, 6) is -2.08. The van der Waals surface area contributed by atoms with Crippen LogP contribution in [-0.2, 0) is 43.7 Å². The third kappa shape index (κ3) is 25.7. The molecule has 254 valence electrons. The molecule has 2 saturated heterocycles. The van der Waals surface area contributed by atoms with E-state index < -0.39 is 11.9 Å². The number of benzene rings is 2. The monoisotopic (exact) mass is 714 g/mol. The van der Waals surface area contributed by atoms with Gasteiger partial charge in [0.05, 0.1) is 13.1 Å². The number of carbonyl (C=O) groups excluding carboxylic acids is 2. The van der Waals surface area contributed by atoms with Crippen LogP contribution in [0.3, 0.4) is 0 Å². The summed E-state index contributed by atoms with van der Waals surface area (Å²) in [6.45, 7) is 5.68. The number of nitrogens with zero attached hydrogens (tertiary/aromatic N) is 2. The van der Waals surface area contributed by atoms with E-state index in [2.05, 4.69) is 20.6 Å². The number of aliphatic imine (C=N–C) groups is 2. The number of nitrogens with one attached hydrogen (secondary N) is 2. The van der Waals surface area contributed by atoms with Gasteiger partial charge in [0.2, 0.25) is 0 Å². The van der Waals surface area contributed by atoms with Gasteiger partial charge in [-0.25, -0.2) is 0 Å². The minimum absolute atomic E-state index is 0. The molecule has 0 aliphatic carbocycles. The molecule has 2 aliphatic heterocycles. The van der Waals surface area contributed by atoms with Crippen molar-refractivity contribution in [1.82, 2.24) is 10.6 Å². The predicted octanol–water partition coefficient (Wildman–Crippen LogP) is -1.50. The van der Waals surface area contributed by atoms with Crippen molar-refractivity contribution in [2.24, 2.45) is 9.98 Å². The van der Waals surface area contributed by atoms with E-state index in [0.29, 0.717) is 23.2 Å². The molecule has 2 radical (unpaired) electrons. The first kappa shape index (κ1) is 48.1. The van der Waals surface area contributed by atoms with Crippen molar-refractivity contribution in [3.05, 3.63) is 59.7 Å². The Bertz CT molecular complexity index is 973. The summed E-state index contributed by atoms with van der Waals surface area (Å²) in [4.78, 5) is 26.5. The van der Waals surface area contributed by atoms with Crippen LogP contribution in [0.4, 0.5) is 0 Å². The van der Waals surface area contributed by atoms with E-state index >= 15 is 0 Å². The number of para-hydroxylation sites is 2. The molecule has 2 aromatic rings. The van der Waals surface area contributed by atoms with Gasteiger partial charge in [-0.05, 0) is 63.7 Å². The second kappa shape index (κ2) is 30.2. The van der Waals surface area contributed by atoms with Gasteiger partial charge in [0, 0.05) is 36.5 Å². The molecular weight excluding hydrogens is 671 g/mol. The average molecular weight is 716 g/mol. The topological polar surface area (TPSA) is 238 Å². The average Bonchev–Trinajstić information content (AvgIpc) is 2.92. The van der Waals surface area contributed by atoms with Gasteiger partial charge >= 0.3 is 34.1 Å². The van der Waals surface area contributed by atoms with Crippen molar-refractivity contribution in [3.63, 3.8) is 0 Å². The number of carboxylic acid groups (broad SMARTS) is 2. The summed E-state index contributed by atoms with van der Waals surface area (Å²) in [5, 5.41) is 47.4. The Morgan fingerprint density at radius 1 is 0.705 bits per heavy atom.